The summed E-state index contributed by atoms with van der Waals surface area (Å²) in [6.07, 6.45) is 0.387. The standard InChI is InChI=1S/C20H22F2N2O4S/c21-16-6-5-15(9-17(16)22)28-12-14(25)10-23-19(26)13-3-1-7-24(11-13)20(27)18-4-2-8-29-18/h2,4-6,8-9,13-14,25H,1,3,7,10-12H2,(H,23,26). The van der Waals surface area contributed by atoms with Crippen molar-refractivity contribution in [2.45, 2.75) is 18.9 Å². The molecule has 0 radical (unpaired) electrons. The first-order chi connectivity index (χ1) is 13.9. The van der Waals surface area contributed by atoms with Gasteiger partial charge < -0.3 is 20.1 Å². The van der Waals surface area contributed by atoms with Crippen LogP contribution in [0.4, 0.5) is 8.78 Å². The van der Waals surface area contributed by atoms with Crippen molar-refractivity contribution in [3.63, 3.8) is 0 Å². The van der Waals surface area contributed by atoms with Gasteiger partial charge in [0.1, 0.15) is 18.5 Å². The molecule has 9 heteroatoms. The Bertz CT molecular complexity index is 847. The van der Waals surface area contributed by atoms with Crippen LogP contribution < -0.4 is 10.1 Å². The first-order valence-electron chi connectivity index (χ1n) is 9.30. The molecule has 2 N–H and O–H groups in total. The molecule has 2 aromatic rings. The maximum atomic E-state index is 13.1. The number of amides is 2. The molecule has 2 heterocycles. The number of hydrogen-bond acceptors (Lipinski definition) is 5. The zero-order valence-electron chi connectivity index (χ0n) is 15.6. The van der Waals surface area contributed by atoms with Crippen LogP contribution in [0.15, 0.2) is 35.7 Å². The highest BCUT2D eigenvalue weighted by molar-refractivity contribution is 7.12. The third-order valence-electron chi connectivity index (χ3n) is 4.66. The maximum Gasteiger partial charge on any atom is 0.263 e. The van der Waals surface area contributed by atoms with Gasteiger partial charge in [0.05, 0.1) is 10.8 Å². The van der Waals surface area contributed by atoms with Gasteiger partial charge in [0.15, 0.2) is 11.6 Å². The second kappa shape index (κ2) is 9.80. The lowest BCUT2D eigenvalue weighted by Gasteiger charge is -2.32. The fourth-order valence-corrected chi connectivity index (χ4v) is 3.80. The number of halogens is 2. The highest BCUT2D eigenvalue weighted by Crippen LogP contribution is 2.21. The molecule has 2 amide bonds. The number of benzene rings is 1. The molecule has 0 aliphatic carbocycles. The Morgan fingerprint density at radius 3 is 2.86 bits per heavy atom. The average molecular weight is 424 g/mol. The summed E-state index contributed by atoms with van der Waals surface area (Å²) in [5.74, 6) is -2.58. The van der Waals surface area contributed by atoms with Crippen molar-refractivity contribution in [1.82, 2.24) is 10.2 Å². The molecule has 29 heavy (non-hydrogen) atoms. The Labute approximate surface area is 171 Å². The number of aliphatic hydroxyl groups excluding tert-OH is 1. The summed E-state index contributed by atoms with van der Waals surface area (Å²) in [7, 11) is 0. The number of nitrogens with zero attached hydrogens (tertiary/aromatic N) is 1. The van der Waals surface area contributed by atoms with Gasteiger partial charge in [-0.3, -0.25) is 9.59 Å². The van der Waals surface area contributed by atoms with E-state index in [0.717, 1.165) is 18.6 Å². The molecule has 1 aromatic carbocycles. The molecule has 3 rings (SSSR count). The van der Waals surface area contributed by atoms with E-state index in [1.54, 1.807) is 11.0 Å². The topological polar surface area (TPSA) is 78.9 Å². The lowest BCUT2D eigenvalue weighted by molar-refractivity contribution is -0.126. The van der Waals surface area contributed by atoms with Crippen LogP contribution in [0.1, 0.15) is 22.5 Å². The number of thiophene rings is 1. The Morgan fingerprint density at radius 2 is 2.14 bits per heavy atom. The molecule has 1 fully saturated rings. The zero-order valence-corrected chi connectivity index (χ0v) is 16.5. The number of nitrogens with one attached hydrogen (secondary N) is 1. The van der Waals surface area contributed by atoms with Gasteiger partial charge in [0.25, 0.3) is 5.91 Å². The number of likely N-dealkylation sites (tertiary alicyclic amines) is 1. The summed E-state index contributed by atoms with van der Waals surface area (Å²) >= 11 is 1.37. The summed E-state index contributed by atoms with van der Waals surface area (Å²) in [5.41, 5.74) is 0. The molecule has 0 bridgehead atoms. The molecule has 6 nitrogen and oxygen atoms in total. The van der Waals surface area contributed by atoms with Gasteiger partial charge in [-0.2, -0.15) is 0 Å². The number of aliphatic hydroxyl groups is 1. The highest BCUT2D eigenvalue weighted by Gasteiger charge is 2.29. The van der Waals surface area contributed by atoms with Crippen molar-refractivity contribution in [3.8, 4) is 5.75 Å². The van der Waals surface area contributed by atoms with Crippen molar-refractivity contribution < 1.29 is 28.2 Å². The Morgan fingerprint density at radius 1 is 1.31 bits per heavy atom. The smallest absolute Gasteiger partial charge is 0.263 e. The van der Waals surface area contributed by atoms with E-state index in [9.17, 15) is 23.5 Å². The molecule has 1 aliphatic rings. The van der Waals surface area contributed by atoms with E-state index in [2.05, 4.69) is 5.32 Å². The van der Waals surface area contributed by atoms with E-state index in [0.29, 0.717) is 24.4 Å². The fraction of sp³-hybridized carbons (Fsp3) is 0.400. The van der Waals surface area contributed by atoms with E-state index >= 15 is 0 Å². The normalized spacial score (nSPS) is 17.6. The highest BCUT2D eigenvalue weighted by atomic mass is 32.1. The van der Waals surface area contributed by atoms with Crippen LogP contribution in [0, 0.1) is 17.6 Å². The van der Waals surface area contributed by atoms with Crippen molar-refractivity contribution in [2.24, 2.45) is 5.92 Å². The Kier molecular flexibility index (Phi) is 7.16. The molecule has 1 saturated heterocycles. The lowest BCUT2D eigenvalue weighted by Crippen LogP contribution is -2.46. The minimum absolute atomic E-state index is 0.0438. The Hall–Kier alpha value is -2.52. The molecule has 1 aliphatic heterocycles. The monoisotopic (exact) mass is 424 g/mol. The van der Waals surface area contributed by atoms with Gasteiger partial charge in [-0.1, -0.05) is 6.07 Å². The van der Waals surface area contributed by atoms with Crippen LogP contribution in [0.25, 0.3) is 0 Å². The number of hydrogen-bond donors (Lipinski definition) is 2. The van der Waals surface area contributed by atoms with Crippen molar-refractivity contribution in [1.29, 1.82) is 0 Å². The van der Waals surface area contributed by atoms with Gasteiger partial charge in [-0.15, -0.1) is 11.3 Å². The lowest BCUT2D eigenvalue weighted by atomic mass is 9.97. The molecule has 1 aromatic heterocycles. The van der Waals surface area contributed by atoms with Crippen LogP contribution in [0.2, 0.25) is 0 Å². The molecule has 2 atom stereocenters. The molecular weight excluding hydrogens is 402 g/mol. The van der Waals surface area contributed by atoms with Gasteiger partial charge in [-0.05, 0) is 36.4 Å². The van der Waals surface area contributed by atoms with Crippen molar-refractivity contribution in [3.05, 3.63) is 52.2 Å². The molecule has 156 valence electrons. The van der Waals surface area contributed by atoms with Crippen molar-refractivity contribution in [2.75, 3.05) is 26.2 Å². The zero-order chi connectivity index (χ0) is 20.8. The van der Waals surface area contributed by atoms with Crippen LogP contribution >= 0.6 is 11.3 Å². The fourth-order valence-electron chi connectivity index (χ4n) is 3.11. The van der Waals surface area contributed by atoms with E-state index in [1.807, 2.05) is 11.4 Å². The number of rotatable bonds is 7. The third-order valence-corrected chi connectivity index (χ3v) is 5.51. The maximum absolute atomic E-state index is 13.1. The Balaban J connectivity index is 1.43. The molecular formula is C20H22F2N2O4S. The molecule has 2 unspecified atom stereocenters. The predicted molar refractivity (Wildman–Crippen MR) is 104 cm³/mol. The largest absolute Gasteiger partial charge is 0.491 e. The second-order valence-electron chi connectivity index (χ2n) is 6.85. The van der Waals surface area contributed by atoms with Gasteiger partial charge in [-0.25, -0.2) is 8.78 Å². The minimum Gasteiger partial charge on any atom is -0.491 e. The average Bonchev–Trinajstić information content (AvgIpc) is 3.27. The van der Waals surface area contributed by atoms with E-state index in [-0.39, 0.29) is 36.6 Å². The number of piperidine rings is 1. The predicted octanol–water partition coefficient (Wildman–Crippen LogP) is 2.43. The quantitative estimate of drug-likeness (QED) is 0.716. The van der Waals surface area contributed by atoms with Gasteiger partial charge >= 0.3 is 0 Å². The molecule has 0 saturated carbocycles. The first-order valence-corrected chi connectivity index (χ1v) is 10.2. The number of carbonyl (C=O) groups excluding carboxylic acids is 2. The minimum atomic E-state index is -1.04. The van der Waals surface area contributed by atoms with E-state index < -0.39 is 17.7 Å². The van der Waals surface area contributed by atoms with Gasteiger partial charge in [0, 0.05) is 25.7 Å². The summed E-state index contributed by atoms with van der Waals surface area (Å²) in [5, 5.41) is 14.5. The van der Waals surface area contributed by atoms with Crippen LogP contribution in [0.3, 0.4) is 0 Å². The van der Waals surface area contributed by atoms with Gasteiger partial charge in [0.2, 0.25) is 5.91 Å². The summed E-state index contributed by atoms with van der Waals surface area (Å²) in [4.78, 5) is 27.2. The molecule has 0 spiro atoms. The second-order valence-corrected chi connectivity index (χ2v) is 7.80. The van der Waals surface area contributed by atoms with Crippen LogP contribution in [-0.2, 0) is 4.79 Å². The van der Waals surface area contributed by atoms with Crippen molar-refractivity contribution >= 4 is 23.2 Å². The first kappa shape index (κ1) is 21.2. The third kappa shape index (κ3) is 5.74. The number of carbonyl (C=O) groups is 2. The summed E-state index contributed by atoms with van der Waals surface area (Å²) < 4.78 is 31.2. The van der Waals surface area contributed by atoms with E-state index in [4.69, 9.17) is 4.74 Å². The van der Waals surface area contributed by atoms with Crippen LogP contribution in [0.5, 0.6) is 5.75 Å². The SMILES string of the molecule is O=C(NCC(O)COc1ccc(F)c(F)c1)C1CCCN(C(=O)c2cccs2)C1. The summed E-state index contributed by atoms with van der Waals surface area (Å²) in [6.45, 7) is 0.728. The van der Waals surface area contributed by atoms with E-state index in [1.165, 1.54) is 17.4 Å². The number of ether oxygens (including phenoxy) is 1. The summed E-state index contributed by atoms with van der Waals surface area (Å²) in [6, 6.07) is 6.66. The van der Waals surface area contributed by atoms with Crippen LogP contribution in [-0.4, -0.2) is 54.2 Å².